The van der Waals surface area contributed by atoms with Gasteiger partial charge in [0.1, 0.15) is 0 Å². The van der Waals surface area contributed by atoms with Crippen LogP contribution in [0.1, 0.15) is 25.8 Å². The highest BCUT2D eigenvalue weighted by Gasteiger charge is 2.22. The van der Waals surface area contributed by atoms with Gasteiger partial charge in [0.2, 0.25) is 0 Å². The molecule has 0 amide bonds. The molecule has 1 N–H and O–H groups in total. The molecular formula is C18H25N3. The second-order valence-electron chi connectivity index (χ2n) is 6.35. The number of nitrogens with one attached hydrogen (secondary N) is 1. The maximum Gasteiger partial charge on any atom is 0.0734 e. The summed E-state index contributed by atoms with van der Waals surface area (Å²) in [6, 6.07) is 11.9. The largest absolute Gasteiger partial charge is 0.310 e. The first-order valence-corrected chi connectivity index (χ1v) is 8.03. The first-order valence-electron chi connectivity index (χ1n) is 8.03. The van der Waals surface area contributed by atoms with Gasteiger partial charge >= 0.3 is 0 Å². The predicted octanol–water partition coefficient (Wildman–Crippen LogP) is 2.85. The molecule has 1 aliphatic rings. The van der Waals surface area contributed by atoms with Crippen LogP contribution in [0.2, 0.25) is 0 Å². The summed E-state index contributed by atoms with van der Waals surface area (Å²) in [5.74, 6) is 0. The molecule has 0 aliphatic carbocycles. The third-order valence-electron chi connectivity index (χ3n) is 4.26. The summed E-state index contributed by atoms with van der Waals surface area (Å²) in [6.07, 6.45) is 4.25. The summed E-state index contributed by atoms with van der Waals surface area (Å²) < 4.78 is 0. The van der Waals surface area contributed by atoms with Gasteiger partial charge in [-0.1, -0.05) is 38.1 Å². The highest BCUT2D eigenvalue weighted by molar-refractivity contribution is 5.81. The second kappa shape index (κ2) is 6.54. The summed E-state index contributed by atoms with van der Waals surface area (Å²) in [4.78, 5) is 7.12. The van der Waals surface area contributed by atoms with E-state index in [2.05, 4.69) is 53.3 Å². The Hall–Kier alpha value is -1.45. The van der Waals surface area contributed by atoms with Crippen LogP contribution >= 0.6 is 0 Å². The molecule has 3 nitrogen and oxygen atoms in total. The van der Waals surface area contributed by atoms with Crippen LogP contribution in [0.4, 0.5) is 0 Å². The Morgan fingerprint density at radius 2 is 2.14 bits per heavy atom. The van der Waals surface area contributed by atoms with E-state index < -0.39 is 0 Å². The van der Waals surface area contributed by atoms with E-state index in [0.29, 0.717) is 12.1 Å². The van der Waals surface area contributed by atoms with Crippen molar-refractivity contribution in [1.82, 2.24) is 15.2 Å². The minimum atomic E-state index is 0.581. The lowest BCUT2D eigenvalue weighted by atomic mass is 10.1. The zero-order valence-corrected chi connectivity index (χ0v) is 13.0. The second-order valence-corrected chi connectivity index (χ2v) is 6.35. The first kappa shape index (κ1) is 14.5. The zero-order valence-electron chi connectivity index (χ0n) is 13.0. The summed E-state index contributed by atoms with van der Waals surface area (Å²) >= 11 is 0. The molecule has 3 heteroatoms. The normalized spacial score (nSPS) is 19.7. The Morgan fingerprint density at radius 3 is 3.00 bits per heavy atom. The van der Waals surface area contributed by atoms with E-state index in [0.717, 1.165) is 18.5 Å². The lowest BCUT2D eigenvalue weighted by Crippen LogP contribution is -2.37. The van der Waals surface area contributed by atoms with Crippen molar-refractivity contribution in [3.05, 3.63) is 42.1 Å². The van der Waals surface area contributed by atoms with Crippen LogP contribution in [-0.2, 0) is 6.42 Å². The molecule has 0 saturated carbocycles. The molecule has 112 valence electrons. The van der Waals surface area contributed by atoms with Crippen molar-refractivity contribution in [2.75, 3.05) is 19.6 Å². The molecule has 0 bridgehead atoms. The summed E-state index contributed by atoms with van der Waals surface area (Å²) in [7, 11) is 0. The molecule has 0 spiro atoms. The molecule has 1 aliphatic heterocycles. The highest BCUT2D eigenvalue weighted by atomic mass is 15.2. The number of pyridine rings is 1. The van der Waals surface area contributed by atoms with Crippen molar-refractivity contribution in [3.8, 4) is 0 Å². The Bertz CT molecular complexity index is 589. The van der Waals surface area contributed by atoms with Gasteiger partial charge in [-0.2, -0.15) is 0 Å². The topological polar surface area (TPSA) is 28.2 Å². The molecule has 2 heterocycles. The third-order valence-corrected chi connectivity index (χ3v) is 4.26. The van der Waals surface area contributed by atoms with Crippen LogP contribution in [0.25, 0.3) is 10.9 Å². The van der Waals surface area contributed by atoms with Gasteiger partial charge in [0.05, 0.1) is 5.52 Å². The number of aromatic nitrogens is 1. The first-order chi connectivity index (χ1) is 10.2. The van der Waals surface area contributed by atoms with Gasteiger partial charge in [-0.15, -0.1) is 0 Å². The molecular weight excluding hydrogens is 258 g/mol. The van der Waals surface area contributed by atoms with Gasteiger partial charge in [-0.25, -0.2) is 0 Å². The van der Waals surface area contributed by atoms with Crippen molar-refractivity contribution < 1.29 is 0 Å². The lowest BCUT2D eigenvalue weighted by Gasteiger charge is -2.18. The molecule has 1 aromatic carbocycles. The van der Waals surface area contributed by atoms with E-state index >= 15 is 0 Å². The van der Waals surface area contributed by atoms with E-state index in [1.54, 1.807) is 0 Å². The average molecular weight is 283 g/mol. The van der Waals surface area contributed by atoms with Crippen molar-refractivity contribution in [2.24, 2.45) is 0 Å². The van der Waals surface area contributed by atoms with Crippen LogP contribution in [0.15, 0.2) is 36.5 Å². The Balaban J connectivity index is 1.60. The molecule has 21 heavy (non-hydrogen) atoms. The Kier molecular flexibility index (Phi) is 4.51. The van der Waals surface area contributed by atoms with Crippen molar-refractivity contribution >= 4 is 10.9 Å². The van der Waals surface area contributed by atoms with Gasteiger partial charge in [0.15, 0.2) is 0 Å². The van der Waals surface area contributed by atoms with E-state index in [1.165, 1.54) is 30.5 Å². The van der Waals surface area contributed by atoms with Crippen LogP contribution in [-0.4, -0.2) is 41.6 Å². The number of hydrogen-bond donors (Lipinski definition) is 1. The van der Waals surface area contributed by atoms with Gasteiger partial charge in [0.25, 0.3) is 0 Å². The van der Waals surface area contributed by atoms with Crippen LogP contribution in [0, 0.1) is 0 Å². The summed E-state index contributed by atoms with van der Waals surface area (Å²) in [5, 5.41) is 4.89. The van der Waals surface area contributed by atoms with Crippen molar-refractivity contribution in [2.45, 2.75) is 38.8 Å². The van der Waals surface area contributed by atoms with Crippen LogP contribution in [0.5, 0.6) is 0 Å². The van der Waals surface area contributed by atoms with Gasteiger partial charge < -0.3 is 10.2 Å². The Labute approximate surface area is 127 Å². The van der Waals surface area contributed by atoms with Gasteiger partial charge in [-0.05, 0) is 31.0 Å². The summed E-state index contributed by atoms with van der Waals surface area (Å²) in [6.45, 7) is 7.97. The minimum Gasteiger partial charge on any atom is -0.310 e. The fraction of sp³-hybridized carbons (Fsp3) is 0.500. The lowest BCUT2D eigenvalue weighted by molar-refractivity contribution is 0.328. The molecule has 2 aromatic rings. The van der Waals surface area contributed by atoms with E-state index in [9.17, 15) is 0 Å². The van der Waals surface area contributed by atoms with Gasteiger partial charge in [-0.3, -0.25) is 4.98 Å². The molecule has 3 rings (SSSR count). The number of nitrogens with zero attached hydrogens (tertiary/aromatic N) is 2. The van der Waals surface area contributed by atoms with Crippen molar-refractivity contribution in [1.29, 1.82) is 0 Å². The highest BCUT2D eigenvalue weighted by Crippen LogP contribution is 2.18. The maximum absolute atomic E-state index is 4.55. The molecule has 1 aromatic heterocycles. The Morgan fingerprint density at radius 1 is 1.29 bits per heavy atom. The van der Waals surface area contributed by atoms with E-state index in [4.69, 9.17) is 0 Å². The number of rotatable bonds is 5. The number of fused-ring (bicyclic) bond motifs is 1. The fourth-order valence-electron chi connectivity index (χ4n) is 3.29. The third kappa shape index (κ3) is 3.60. The monoisotopic (exact) mass is 283 g/mol. The quantitative estimate of drug-likeness (QED) is 0.914. The number of hydrogen-bond acceptors (Lipinski definition) is 3. The van der Waals surface area contributed by atoms with Gasteiger partial charge in [0, 0.05) is 36.8 Å². The molecule has 1 saturated heterocycles. The minimum absolute atomic E-state index is 0.581. The standard InChI is InChI=1S/C18H25N3/c1-14(2)20-17-9-12-21(13-17)11-8-16-6-3-5-15-7-4-10-19-18(15)16/h3-7,10,14,17,20H,8-9,11-13H2,1-2H3. The number of likely N-dealkylation sites (tertiary alicyclic amines) is 1. The molecule has 1 atom stereocenters. The fourth-order valence-corrected chi connectivity index (χ4v) is 3.29. The number of para-hydroxylation sites is 1. The molecule has 1 unspecified atom stereocenters. The SMILES string of the molecule is CC(C)NC1CCN(CCc2cccc3cccnc23)C1. The predicted molar refractivity (Wildman–Crippen MR) is 88.6 cm³/mol. The zero-order chi connectivity index (χ0) is 14.7. The van der Waals surface area contributed by atoms with Crippen LogP contribution < -0.4 is 5.32 Å². The van der Waals surface area contributed by atoms with E-state index in [1.807, 2.05) is 12.3 Å². The molecule has 1 fully saturated rings. The smallest absolute Gasteiger partial charge is 0.0734 e. The van der Waals surface area contributed by atoms with Crippen molar-refractivity contribution in [3.63, 3.8) is 0 Å². The number of benzene rings is 1. The summed E-state index contributed by atoms with van der Waals surface area (Å²) in [5.41, 5.74) is 2.53. The van der Waals surface area contributed by atoms with Crippen LogP contribution in [0.3, 0.4) is 0 Å². The van der Waals surface area contributed by atoms with E-state index in [-0.39, 0.29) is 0 Å². The maximum atomic E-state index is 4.55. The molecule has 0 radical (unpaired) electrons. The average Bonchev–Trinajstić information content (AvgIpc) is 2.92.